The molecule has 0 amide bonds. The SMILES string of the molecule is Cc1ccc(Nc2cc(C)nc3ccc(C)cc23)cc1.[Cl-]. The molecule has 0 radical (unpaired) electrons. The van der Waals surface area contributed by atoms with E-state index in [9.17, 15) is 0 Å². The van der Waals surface area contributed by atoms with Crippen LogP contribution in [-0.4, -0.2) is 4.98 Å². The van der Waals surface area contributed by atoms with Crippen molar-refractivity contribution in [2.24, 2.45) is 0 Å². The number of nitrogens with zero attached hydrogens (tertiary/aromatic N) is 1. The van der Waals surface area contributed by atoms with Crippen LogP contribution in [-0.2, 0) is 0 Å². The first-order chi connectivity index (χ1) is 9.61. The maximum absolute atomic E-state index is 4.59. The van der Waals surface area contributed by atoms with Crippen molar-refractivity contribution in [2.75, 3.05) is 5.32 Å². The van der Waals surface area contributed by atoms with Crippen molar-refractivity contribution in [1.82, 2.24) is 4.98 Å². The third-order valence-corrected chi connectivity index (χ3v) is 3.42. The van der Waals surface area contributed by atoms with Crippen LogP contribution in [0.4, 0.5) is 11.4 Å². The molecule has 0 atom stereocenters. The topological polar surface area (TPSA) is 24.9 Å². The zero-order chi connectivity index (χ0) is 14.1. The van der Waals surface area contributed by atoms with Crippen LogP contribution in [0.1, 0.15) is 16.8 Å². The minimum Gasteiger partial charge on any atom is -1.00 e. The van der Waals surface area contributed by atoms with Gasteiger partial charge >= 0.3 is 0 Å². The average Bonchev–Trinajstić information content (AvgIpc) is 2.42. The van der Waals surface area contributed by atoms with Crippen molar-refractivity contribution in [3.63, 3.8) is 0 Å². The number of nitrogens with one attached hydrogen (secondary N) is 1. The minimum absolute atomic E-state index is 0. The van der Waals surface area contributed by atoms with E-state index in [1.807, 2.05) is 6.92 Å². The van der Waals surface area contributed by atoms with Gasteiger partial charge in [-0.05, 0) is 51.1 Å². The molecule has 1 heterocycles. The van der Waals surface area contributed by atoms with Gasteiger partial charge in [0, 0.05) is 22.5 Å². The molecule has 0 unspecified atom stereocenters. The Morgan fingerprint density at radius 3 is 2.19 bits per heavy atom. The van der Waals surface area contributed by atoms with E-state index >= 15 is 0 Å². The number of hydrogen-bond acceptors (Lipinski definition) is 2. The van der Waals surface area contributed by atoms with Gasteiger partial charge in [-0.25, -0.2) is 0 Å². The number of aryl methyl sites for hydroxylation is 3. The molecule has 21 heavy (non-hydrogen) atoms. The van der Waals surface area contributed by atoms with Crippen molar-refractivity contribution in [3.8, 4) is 0 Å². The van der Waals surface area contributed by atoms with Gasteiger partial charge in [0.2, 0.25) is 0 Å². The molecule has 1 N–H and O–H groups in total. The first-order valence-electron chi connectivity index (χ1n) is 6.83. The summed E-state index contributed by atoms with van der Waals surface area (Å²) in [6, 6.07) is 16.9. The van der Waals surface area contributed by atoms with E-state index in [0.717, 1.165) is 28.0 Å². The fraction of sp³-hybridized carbons (Fsp3) is 0.167. The quantitative estimate of drug-likeness (QED) is 0.781. The lowest BCUT2D eigenvalue weighted by Gasteiger charge is -2.11. The summed E-state index contributed by atoms with van der Waals surface area (Å²) in [5, 5.41) is 4.67. The highest BCUT2D eigenvalue weighted by Crippen LogP contribution is 2.27. The molecule has 0 saturated heterocycles. The van der Waals surface area contributed by atoms with Gasteiger partial charge in [-0.3, -0.25) is 4.98 Å². The lowest BCUT2D eigenvalue weighted by molar-refractivity contribution is -0.00000426. The van der Waals surface area contributed by atoms with Crippen LogP contribution in [0.15, 0.2) is 48.5 Å². The van der Waals surface area contributed by atoms with Crippen LogP contribution in [0.2, 0.25) is 0 Å². The monoisotopic (exact) mass is 297 g/mol. The zero-order valence-electron chi connectivity index (χ0n) is 12.4. The molecular weight excluding hydrogens is 280 g/mol. The largest absolute Gasteiger partial charge is 1.00 e. The molecule has 0 aliphatic heterocycles. The number of aromatic nitrogens is 1. The van der Waals surface area contributed by atoms with E-state index in [1.54, 1.807) is 0 Å². The highest BCUT2D eigenvalue weighted by atomic mass is 35.5. The van der Waals surface area contributed by atoms with Crippen molar-refractivity contribution < 1.29 is 12.4 Å². The Bertz CT molecular complexity index is 764. The molecule has 0 aliphatic rings. The van der Waals surface area contributed by atoms with E-state index in [-0.39, 0.29) is 12.4 Å². The number of anilines is 2. The van der Waals surface area contributed by atoms with Gasteiger partial charge in [0.05, 0.1) is 5.52 Å². The van der Waals surface area contributed by atoms with E-state index in [1.165, 1.54) is 11.1 Å². The highest BCUT2D eigenvalue weighted by molar-refractivity contribution is 5.93. The van der Waals surface area contributed by atoms with Gasteiger partial charge in [-0.15, -0.1) is 0 Å². The average molecular weight is 298 g/mol. The summed E-state index contributed by atoms with van der Waals surface area (Å²) in [4.78, 5) is 4.59. The first-order valence-corrected chi connectivity index (χ1v) is 6.83. The van der Waals surface area contributed by atoms with Gasteiger partial charge in [-0.1, -0.05) is 29.3 Å². The Hall–Kier alpha value is -2.06. The third-order valence-electron chi connectivity index (χ3n) is 3.42. The summed E-state index contributed by atoms with van der Waals surface area (Å²) < 4.78 is 0. The molecule has 2 aromatic carbocycles. The Balaban J connectivity index is 0.00000161. The van der Waals surface area contributed by atoms with Gasteiger partial charge in [0.1, 0.15) is 0 Å². The van der Waals surface area contributed by atoms with Crippen molar-refractivity contribution in [2.45, 2.75) is 20.8 Å². The molecule has 3 aromatic rings. The number of hydrogen-bond donors (Lipinski definition) is 1. The zero-order valence-corrected chi connectivity index (χ0v) is 13.2. The lowest BCUT2D eigenvalue weighted by Crippen LogP contribution is -3.00. The van der Waals surface area contributed by atoms with Crippen LogP contribution in [0, 0.1) is 20.8 Å². The van der Waals surface area contributed by atoms with E-state index in [2.05, 4.69) is 72.7 Å². The van der Waals surface area contributed by atoms with Crippen molar-refractivity contribution in [1.29, 1.82) is 0 Å². The summed E-state index contributed by atoms with van der Waals surface area (Å²) in [7, 11) is 0. The predicted octanol–water partition coefficient (Wildman–Crippen LogP) is 1.91. The number of fused-ring (bicyclic) bond motifs is 1. The molecule has 0 saturated carbocycles. The first kappa shape index (κ1) is 15.3. The van der Waals surface area contributed by atoms with Gasteiger partial charge in [0.25, 0.3) is 0 Å². The third kappa shape index (κ3) is 3.34. The molecule has 0 aliphatic carbocycles. The summed E-state index contributed by atoms with van der Waals surface area (Å²) in [6.45, 7) is 6.23. The molecule has 0 spiro atoms. The van der Waals surface area contributed by atoms with Gasteiger partial charge < -0.3 is 17.7 Å². The smallest absolute Gasteiger partial charge is 0.0726 e. The van der Waals surface area contributed by atoms with Crippen molar-refractivity contribution >= 4 is 22.3 Å². The highest BCUT2D eigenvalue weighted by Gasteiger charge is 2.05. The van der Waals surface area contributed by atoms with Crippen LogP contribution >= 0.6 is 0 Å². The molecule has 108 valence electrons. The van der Waals surface area contributed by atoms with Crippen LogP contribution < -0.4 is 17.7 Å². The molecule has 1 aromatic heterocycles. The molecule has 0 bridgehead atoms. The Kier molecular flexibility index (Phi) is 4.49. The van der Waals surface area contributed by atoms with Gasteiger partial charge in [-0.2, -0.15) is 0 Å². The normalized spacial score (nSPS) is 10.2. The Morgan fingerprint density at radius 1 is 0.810 bits per heavy atom. The fourth-order valence-corrected chi connectivity index (χ4v) is 2.37. The van der Waals surface area contributed by atoms with E-state index < -0.39 is 0 Å². The standard InChI is InChI=1S/C18H18N2.ClH/c1-12-4-7-15(8-5-12)20-18-11-14(3)19-17-9-6-13(2)10-16(17)18;/h4-11H,1-3H3,(H,19,20);1H/p-1. The molecule has 2 nitrogen and oxygen atoms in total. The number of pyridine rings is 1. The second-order valence-electron chi connectivity index (χ2n) is 5.32. The number of halogens is 1. The summed E-state index contributed by atoms with van der Waals surface area (Å²) in [5.41, 5.74) is 6.78. The van der Waals surface area contributed by atoms with Crippen LogP contribution in [0.25, 0.3) is 10.9 Å². The molecule has 3 rings (SSSR count). The molecular formula is C18H18ClN2-. The van der Waals surface area contributed by atoms with Gasteiger partial charge in [0.15, 0.2) is 0 Å². The van der Waals surface area contributed by atoms with Crippen LogP contribution in [0.5, 0.6) is 0 Å². The van der Waals surface area contributed by atoms with E-state index in [0.29, 0.717) is 0 Å². The fourth-order valence-electron chi connectivity index (χ4n) is 2.37. The second kappa shape index (κ2) is 6.15. The molecule has 0 fully saturated rings. The summed E-state index contributed by atoms with van der Waals surface area (Å²) in [5.74, 6) is 0. The lowest BCUT2D eigenvalue weighted by atomic mass is 10.1. The molecule has 3 heteroatoms. The predicted molar refractivity (Wildman–Crippen MR) is 85.7 cm³/mol. The summed E-state index contributed by atoms with van der Waals surface area (Å²) in [6.07, 6.45) is 0. The summed E-state index contributed by atoms with van der Waals surface area (Å²) >= 11 is 0. The second-order valence-corrected chi connectivity index (χ2v) is 5.32. The van der Waals surface area contributed by atoms with Crippen LogP contribution in [0.3, 0.4) is 0 Å². The number of benzene rings is 2. The van der Waals surface area contributed by atoms with E-state index in [4.69, 9.17) is 0 Å². The maximum atomic E-state index is 4.59. The minimum atomic E-state index is 0. The number of rotatable bonds is 2. The Labute approximate surface area is 131 Å². The maximum Gasteiger partial charge on any atom is 0.0726 e. The van der Waals surface area contributed by atoms with Crippen molar-refractivity contribution in [3.05, 3.63) is 65.4 Å². The Morgan fingerprint density at radius 2 is 1.48 bits per heavy atom.